The molecule has 3 aromatic rings. The Morgan fingerprint density at radius 2 is 1.60 bits per heavy atom. The molecular formula is C18H21N5O2. The van der Waals surface area contributed by atoms with E-state index in [1.807, 2.05) is 32.9 Å². The SMILES string of the molecule is Cc1cc(-c2noc(-c3cc(C)nc(OCC(C)C)n3)n2)cc(C)n1. The third-order valence-electron chi connectivity index (χ3n) is 3.36. The predicted octanol–water partition coefficient (Wildman–Crippen LogP) is 3.55. The van der Waals surface area contributed by atoms with E-state index < -0.39 is 0 Å². The smallest absolute Gasteiger partial charge is 0.317 e. The monoisotopic (exact) mass is 339 g/mol. The number of hydrogen-bond donors (Lipinski definition) is 0. The van der Waals surface area contributed by atoms with Gasteiger partial charge < -0.3 is 9.26 Å². The molecule has 130 valence electrons. The Hall–Kier alpha value is -2.83. The maximum Gasteiger partial charge on any atom is 0.317 e. The maximum atomic E-state index is 5.61. The summed E-state index contributed by atoms with van der Waals surface area (Å²) in [5.41, 5.74) is 4.00. The number of aromatic nitrogens is 5. The van der Waals surface area contributed by atoms with E-state index in [1.54, 1.807) is 6.07 Å². The van der Waals surface area contributed by atoms with Gasteiger partial charge in [-0.15, -0.1) is 0 Å². The lowest BCUT2D eigenvalue weighted by Gasteiger charge is -2.07. The third-order valence-corrected chi connectivity index (χ3v) is 3.36. The molecule has 0 bridgehead atoms. The van der Waals surface area contributed by atoms with Crippen molar-refractivity contribution in [3.8, 4) is 29.0 Å². The van der Waals surface area contributed by atoms with Crippen LogP contribution < -0.4 is 4.74 Å². The minimum Gasteiger partial charge on any atom is -0.463 e. The van der Waals surface area contributed by atoms with E-state index in [-0.39, 0.29) is 0 Å². The second-order valence-electron chi connectivity index (χ2n) is 6.44. The molecule has 0 saturated heterocycles. The van der Waals surface area contributed by atoms with Crippen molar-refractivity contribution in [3.63, 3.8) is 0 Å². The van der Waals surface area contributed by atoms with Gasteiger partial charge in [-0.2, -0.15) is 9.97 Å². The van der Waals surface area contributed by atoms with Crippen LogP contribution in [0.15, 0.2) is 22.7 Å². The van der Waals surface area contributed by atoms with Crippen molar-refractivity contribution in [3.05, 3.63) is 35.3 Å². The highest BCUT2D eigenvalue weighted by Gasteiger charge is 2.15. The largest absolute Gasteiger partial charge is 0.463 e. The van der Waals surface area contributed by atoms with Gasteiger partial charge in [-0.05, 0) is 44.9 Å². The predicted molar refractivity (Wildman–Crippen MR) is 93.1 cm³/mol. The highest BCUT2D eigenvalue weighted by atomic mass is 16.5. The molecule has 3 aromatic heterocycles. The molecule has 25 heavy (non-hydrogen) atoms. The second-order valence-corrected chi connectivity index (χ2v) is 6.44. The number of aryl methyl sites for hydroxylation is 3. The normalized spacial score (nSPS) is 11.1. The van der Waals surface area contributed by atoms with Crippen LogP contribution >= 0.6 is 0 Å². The van der Waals surface area contributed by atoms with Crippen molar-refractivity contribution in [1.29, 1.82) is 0 Å². The molecule has 0 N–H and O–H groups in total. The molecule has 0 spiro atoms. The standard InChI is InChI=1S/C18H21N5O2/c1-10(2)9-24-18-20-13(5)8-15(21-18)17-22-16(23-25-17)14-6-11(3)19-12(4)7-14/h6-8,10H,9H2,1-5H3. The molecule has 7 nitrogen and oxygen atoms in total. The first-order chi connectivity index (χ1) is 11.9. The van der Waals surface area contributed by atoms with Gasteiger partial charge >= 0.3 is 6.01 Å². The fourth-order valence-corrected chi connectivity index (χ4v) is 2.36. The van der Waals surface area contributed by atoms with E-state index in [2.05, 4.69) is 38.9 Å². The van der Waals surface area contributed by atoms with Crippen molar-refractivity contribution in [2.75, 3.05) is 6.61 Å². The second kappa shape index (κ2) is 6.96. The van der Waals surface area contributed by atoms with Crippen molar-refractivity contribution in [1.82, 2.24) is 25.1 Å². The Bertz CT molecular complexity index is 869. The quantitative estimate of drug-likeness (QED) is 0.702. The number of ether oxygens (including phenoxy) is 1. The van der Waals surface area contributed by atoms with Crippen LogP contribution in [0.5, 0.6) is 6.01 Å². The molecule has 0 atom stereocenters. The van der Waals surface area contributed by atoms with Crippen LogP contribution in [0, 0.1) is 26.7 Å². The van der Waals surface area contributed by atoms with E-state index in [9.17, 15) is 0 Å². The van der Waals surface area contributed by atoms with E-state index in [0.717, 1.165) is 22.6 Å². The molecule has 0 fully saturated rings. The van der Waals surface area contributed by atoms with Crippen LogP contribution in [0.25, 0.3) is 23.0 Å². The lowest BCUT2D eigenvalue weighted by atomic mass is 10.2. The lowest BCUT2D eigenvalue weighted by Crippen LogP contribution is -2.08. The number of pyridine rings is 1. The fraction of sp³-hybridized carbons (Fsp3) is 0.389. The van der Waals surface area contributed by atoms with Crippen LogP contribution in [-0.2, 0) is 0 Å². The van der Waals surface area contributed by atoms with Gasteiger partial charge in [-0.3, -0.25) is 4.98 Å². The summed E-state index contributed by atoms with van der Waals surface area (Å²) in [5, 5.41) is 4.06. The summed E-state index contributed by atoms with van der Waals surface area (Å²) < 4.78 is 11.0. The first kappa shape index (κ1) is 17.0. The zero-order valence-corrected chi connectivity index (χ0v) is 15.1. The average Bonchev–Trinajstić information content (AvgIpc) is 3.01. The van der Waals surface area contributed by atoms with Crippen LogP contribution in [0.2, 0.25) is 0 Å². The summed E-state index contributed by atoms with van der Waals surface area (Å²) in [6.45, 7) is 10.4. The van der Waals surface area contributed by atoms with Crippen molar-refractivity contribution in [2.24, 2.45) is 5.92 Å². The molecule has 0 aliphatic heterocycles. The van der Waals surface area contributed by atoms with Gasteiger partial charge in [0.15, 0.2) is 0 Å². The molecular weight excluding hydrogens is 318 g/mol. The summed E-state index contributed by atoms with van der Waals surface area (Å²) in [6.07, 6.45) is 0. The number of nitrogens with zero attached hydrogens (tertiary/aromatic N) is 5. The van der Waals surface area contributed by atoms with Gasteiger partial charge in [0.25, 0.3) is 5.89 Å². The Labute approximate surface area is 146 Å². The first-order valence-electron chi connectivity index (χ1n) is 8.19. The van der Waals surface area contributed by atoms with E-state index in [4.69, 9.17) is 9.26 Å². The highest BCUT2D eigenvalue weighted by Crippen LogP contribution is 2.23. The summed E-state index contributed by atoms with van der Waals surface area (Å²) >= 11 is 0. The van der Waals surface area contributed by atoms with Gasteiger partial charge in [0, 0.05) is 22.6 Å². The zero-order valence-electron chi connectivity index (χ0n) is 15.1. The Balaban J connectivity index is 1.91. The van der Waals surface area contributed by atoms with Crippen molar-refractivity contribution in [2.45, 2.75) is 34.6 Å². The Morgan fingerprint density at radius 1 is 0.920 bits per heavy atom. The molecule has 3 rings (SSSR count). The molecule has 0 aliphatic rings. The lowest BCUT2D eigenvalue weighted by molar-refractivity contribution is 0.250. The fourth-order valence-electron chi connectivity index (χ4n) is 2.36. The third kappa shape index (κ3) is 4.17. The molecule has 0 aromatic carbocycles. The molecule has 0 aliphatic carbocycles. The molecule has 0 unspecified atom stereocenters. The van der Waals surface area contributed by atoms with Gasteiger partial charge in [-0.25, -0.2) is 4.98 Å². The van der Waals surface area contributed by atoms with E-state index >= 15 is 0 Å². The van der Waals surface area contributed by atoms with Gasteiger partial charge in [0.1, 0.15) is 5.69 Å². The minimum absolute atomic E-state index is 0.319. The molecule has 0 saturated carbocycles. The molecule has 7 heteroatoms. The Kier molecular flexibility index (Phi) is 4.74. The van der Waals surface area contributed by atoms with Crippen LogP contribution in [0.3, 0.4) is 0 Å². The van der Waals surface area contributed by atoms with Crippen LogP contribution in [-0.4, -0.2) is 31.7 Å². The van der Waals surface area contributed by atoms with Gasteiger partial charge in [0.2, 0.25) is 5.82 Å². The van der Waals surface area contributed by atoms with Gasteiger partial charge in [0.05, 0.1) is 6.61 Å². The Morgan fingerprint density at radius 3 is 2.28 bits per heavy atom. The number of hydrogen-bond acceptors (Lipinski definition) is 7. The van der Waals surface area contributed by atoms with E-state index in [1.165, 1.54) is 0 Å². The maximum absolute atomic E-state index is 5.61. The van der Waals surface area contributed by atoms with Crippen molar-refractivity contribution >= 4 is 0 Å². The minimum atomic E-state index is 0.319. The van der Waals surface area contributed by atoms with Crippen molar-refractivity contribution < 1.29 is 9.26 Å². The summed E-state index contributed by atoms with van der Waals surface area (Å²) in [6, 6.07) is 5.95. The van der Waals surface area contributed by atoms with E-state index in [0.29, 0.717) is 35.9 Å². The topological polar surface area (TPSA) is 86.8 Å². The molecule has 0 amide bonds. The van der Waals surface area contributed by atoms with Gasteiger partial charge in [-0.1, -0.05) is 19.0 Å². The average molecular weight is 339 g/mol. The number of rotatable bonds is 5. The zero-order chi connectivity index (χ0) is 18.0. The summed E-state index contributed by atoms with van der Waals surface area (Å²) in [4.78, 5) is 17.5. The van der Waals surface area contributed by atoms with Crippen LogP contribution in [0.1, 0.15) is 30.9 Å². The highest BCUT2D eigenvalue weighted by molar-refractivity contribution is 5.58. The summed E-state index contributed by atoms with van der Waals surface area (Å²) in [7, 11) is 0. The first-order valence-corrected chi connectivity index (χ1v) is 8.19. The summed E-state index contributed by atoms with van der Waals surface area (Å²) in [5.74, 6) is 1.23. The molecule has 0 radical (unpaired) electrons. The van der Waals surface area contributed by atoms with Crippen LogP contribution in [0.4, 0.5) is 0 Å². The molecule has 3 heterocycles.